The third-order valence-electron chi connectivity index (χ3n) is 5.80. The number of aliphatic carboxylic acids is 1. The van der Waals surface area contributed by atoms with E-state index in [9.17, 15) is 9.90 Å². The highest BCUT2D eigenvalue weighted by atomic mass is 16.5. The van der Waals surface area contributed by atoms with E-state index in [0.717, 1.165) is 38.2 Å². The average molecular weight is 295 g/mol. The first-order chi connectivity index (χ1) is 9.98. The highest BCUT2D eigenvalue weighted by molar-refractivity contribution is 5.73. The topological polar surface area (TPSA) is 49.8 Å². The fourth-order valence-corrected chi connectivity index (χ4v) is 4.90. The maximum absolute atomic E-state index is 11.8. The largest absolute Gasteiger partial charge is 0.480 e. The number of likely N-dealkylation sites (tertiary alicyclic amines) is 1. The van der Waals surface area contributed by atoms with Crippen LogP contribution in [0.25, 0.3) is 0 Å². The Hall–Kier alpha value is -0.610. The fourth-order valence-electron chi connectivity index (χ4n) is 4.90. The molecule has 1 saturated carbocycles. The Morgan fingerprint density at radius 2 is 1.90 bits per heavy atom. The van der Waals surface area contributed by atoms with E-state index < -0.39 is 5.97 Å². The summed E-state index contributed by atoms with van der Waals surface area (Å²) in [7, 11) is 0. The molecule has 2 saturated heterocycles. The Morgan fingerprint density at radius 3 is 2.62 bits per heavy atom. The predicted octanol–water partition coefficient (Wildman–Crippen LogP) is 3.05. The summed E-state index contributed by atoms with van der Waals surface area (Å²) in [5, 5.41) is 9.69. The lowest BCUT2D eigenvalue weighted by Gasteiger charge is -2.53. The summed E-state index contributed by atoms with van der Waals surface area (Å²) in [6.45, 7) is 5.03. The molecular weight excluding hydrogens is 266 g/mol. The lowest BCUT2D eigenvalue weighted by atomic mass is 9.74. The molecule has 2 aliphatic heterocycles. The van der Waals surface area contributed by atoms with Crippen LogP contribution in [0.2, 0.25) is 0 Å². The summed E-state index contributed by atoms with van der Waals surface area (Å²) in [6, 6.07) is 0.594. The number of carboxylic acids is 1. The van der Waals surface area contributed by atoms with E-state index in [4.69, 9.17) is 4.74 Å². The Kier molecular flexibility index (Phi) is 4.28. The van der Waals surface area contributed by atoms with Gasteiger partial charge >= 0.3 is 5.97 Å². The van der Waals surface area contributed by atoms with Crippen molar-refractivity contribution in [1.82, 2.24) is 4.90 Å². The highest BCUT2D eigenvalue weighted by Gasteiger charge is 2.46. The van der Waals surface area contributed by atoms with E-state index in [1.807, 2.05) is 0 Å². The van der Waals surface area contributed by atoms with Gasteiger partial charge in [0.2, 0.25) is 0 Å². The molecular formula is C17H29NO3. The van der Waals surface area contributed by atoms with Crippen molar-refractivity contribution in [2.24, 2.45) is 5.92 Å². The second kappa shape index (κ2) is 5.88. The van der Waals surface area contributed by atoms with Gasteiger partial charge in [-0.25, -0.2) is 0 Å². The van der Waals surface area contributed by atoms with Crippen LogP contribution < -0.4 is 0 Å². The second-order valence-corrected chi connectivity index (χ2v) is 7.75. The van der Waals surface area contributed by atoms with Crippen molar-refractivity contribution >= 4 is 5.97 Å². The van der Waals surface area contributed by atoms with Crippen molar-refractivity contribution in [1.29, 1.82) is 0 Å². The Labute approximate surface area is 127 Å². The van der Waals surface area contributed by atoms with Gasteiger partial charge in [-0.15, -0.1) is 0 Å². The summed E-state index contributed by atoms with van der Waals surface area (Å²) in [6.07, 6.45) is 8.93. The Morgan fingerprint density at radius 1 is 1.14 bits per heavy atom. The molecule has 2 heterocycles. The normalized spacial score (nSPS) is 40.5. The molecule has 4 unspecified atom stereocenters. The summed E-state index contributed by atoms with van der Waals surface area (Å²) in [5.74, 6) is 0.101. The molecule has 0 aromatic carbocycles. The van der Waals surface area contributed by atoms with Crippen molar-refractivity contribution in [3.63, 3.8) is 0 Å². The summed E-state index contributed by atoms with van der Waals surface area (Å²) in [4.78, 5) is 14.2. The molecule has 0 aromatic rings. The SMILES string of the molecule is CC1(C)CC(N2C(C(=O)O)CCC3CCCCC32)CCO1. The molecule has 1 aliphatic carbocycles. The fraction of sp³-hybridized carbons (Fsp3) is 0.941. The van der Waals surface area contributed by atoms with Gasteiger partial charge in [0.1, 0.15) is 6.04 Å². The number of nitrogens with zero attached hydrogens (tertiary/aromatic N) is 1. The molecule has 4 nitrogen and oxygen atoms in total. The van der Waals surface area contributed by atoms with Crippen LogP contribution in [0.4, 0.5) is 0 Å². The van der Waals surface area contributed by atoms with Crippen molar-refractivity contribution in [2.75, 3.05) is 6.61 Å². The van der Waals surface area contributed by atoms with E-state index in [2.05, 4.69) is 18.7 Å². The van der Waals surface area contributed by atoms with Gasteiger partial charge in [0.25, 0.3) is 0 Å². The monoisotopic (exact) mass is 295 g/mol. The highest BCUT2D eigenvalue weighted by Crippen LogP contribution is 2.41. The molecule has 21 heavy (non-hydrogen) atoms. The molecule has 120 valence electrons. The van der Waals surface area contributed by atoms with Crippen LogP contribution >= 0.6 is 0 Å². The molecule has 4 heteroatoms. The molecule has 3 rings (SSSR count). The molecule has 0 amide bonds. The zero-order valence-electron chi connectivity index (χ0n) is 13.4. The molecule has 0 bridgehead atoms. The molecule has 0 spiro atoms. The van der Waals surface area contributed by atoms with E-state index in [-0.39, 0.29) is 11.6 Å². The van der Waals surface area contributed by atoms with Gasteiger partial charge in [0, 0.05) is 18.7 Å². The lowest BCUT2D eigenvalue weighted by molar-refractivity contribution is -0.157. The minimum absolute atomic E-state index is 0.117. The predicted molar refractivity (Wildman–Crippen MR) is 81.3 cm³/mol. The van der Waals surface area contributed by atoms with Crippen LogP contribution in [-0.4, -0.2) is 46.3 Å². The zero-order chi connectivity index (χ0) is 15.0. The van der Waals surface area contributed by atoms with E-state index in [1.165, 1.54) is 25.7 Å². The maximum atomic E-state index is 11.8. The lowest BCUT2D eigenvalue weighted by Crippen LogP contribution is -2.61. The van der Waals surface area contributed by atoms with Gasteiger partial charge in [-0.3, -0.25) is 9.69 Å². The van der Waals surface area contributed by atoms with Gasteiger partial charge < -0.3 is 9.84 Å². The first-order valence-corrected chi connectivity index (χ1v) is 8.62. The van der Waals surface area contributed by atoms with E-state index in [1.54, 1.807) is 0 Å². The molecule has 3 fully saturated rings. The van der Waals surface area contributed by atoms with E-state index >= 15 is 0 Å². The molecule has 1 N–H and O–H groups in total. The smallest absolute Gasteiger partial charge is 0.320 e. The maximum Gasteiger partial charge on any atom is 0.320 e. The van der Waals surface area contributed by atoms with Gasteiger partial charge in [0.05, 0.1) is 5.60 Å². The summed E-state index contributed by atoms with van der Waals surface area (Å²) < 4.78 is 5.84. The second-order valence-electron chi connectivity index (χ2n) is 7.75. The Bertz CT molecular complexity index is 395. The van der Waals surface area contributed by atoms with Gasteiger partial charge in [0.15, 0.2) is 0 Å². The van der Waals surface area contributed by atoms with Crippen molar-refractivity contribution in [3.8, 4) is 0 Å². The number of fused-ring (bicyclic) bond motifs is 1. The van der Waals surface area contributed by atoms with E-state index in [0.29, 0.717) is 12.1 Å². The number of carboxylic acid groups (broad SMARTS) is 1. The molecule has 4 atom stereocenters. The third kappa shape index (κ3) is 3.11. The number of carbonyl (C=O) groups is 1. The first-order valence-electron chi connectivity index (χ1n) is 8.62. The zero-order valence-corrected chi connectivity index (χ0v) is 13.4. The van der Waals surface area contributed by atoms with Crippen molar-refractivity contribution < 1.29 is 14.6 Å². The van der Waals surface area contributed by atoms with Crippen LogP contribution in [0.15, 0.2) is 0 Å². The van der Waals surface area contributed by atoms with Gasteiger partial charge in [-0.1, -0.05) is 12.8 Å². The third-order valence-corrected chi connectivity index (χ3v) is 5.80. The minimum Gasteiger partial charge on any atom is -0.480 e. The Balaban J connectivity index is 1.83. The molecule has 0 radical (unpaired) electrons. The van der Waals surface area contributed by atoms with Crippen LogP contribution in [-0.2, 0) is 9.53 Å². The molecule has 0 aromatic heterocycles. The standard InChI is InChI=1S/C17H29NO3/c1-17(2)11-13(9-10-21-17)18-14-6-4-3-5-12(14)7-8-15(18)16(19)20/h12-15H,3-11H2,1-2H3,(H,19,20). The summed E-state index contributed by atoms with van der Waals surface area (Å²) in [5.41, 5.74) is -0.117. The summed E-state index contributed by atoms with van der Waals surface area (Å²) >= 11 is 0. The number of hydrogen-bond donors (Lipinski definition) is 1. The first kappa shape index (κ1) is 15.3. The van der Waals surface area contributed by atoms with Gasteiger partial charge in [-0.05, 0) is 58.3 Å². The quantitative estimate of drug-likeness (QED) is 0.850. The van der Waals surface area contributed by atoms with Gasteiger partial charge in [-0.2, -0.15) is 0 Å². The van der Waals surface area contributed by atoms with Crippen LogP contribution in [0.5, 0.6) is 0 Å². The van der Waals surface area contributed by atoms with Crippen LogP contribution in [0.1, 0.15) is 65.2 Å². The van der Waals surface area contributed by atoms with Crippen LogP contribution in [0, 0.1) is 5.92 Å². The van der Waals surface area contributed by atoms with Crippen LogP contribution in [0.3, 0.4) is 0 Å². The van der Waals surface area contributed by atoms with Crippen molar-refractivity contribution in [3.05, 3.63) is 0 Å². The number of ether oxygens (including phenoxy) is 1. The molecule has 3 aliphatic rings. The van der Waals surface area contributed by atoms with Crippen molar-refractivity contribution in [2.45, 2.75) is 88.9 Å². The number of hydrogen-bond acceptors (Lipinski definition) is 3. The number of piperidine rings is 1. The average Bonchev–Trinajstić information content (AvgIpc) is 2.44. The number of rotatable bonds is 2. The minimum atomic E-state index is -0.622.